The van der Waals surface area contributed by atoms with E-state index in [1.54, 1.807) is 22.6 Å². The van der Waals surface area contributed by atoms with Crippen molar-refractivity contribution in [2.75, 3.05) is 69.2 Å². The lowest BCUT2D eigenvalue weighted by atomic mass is 10.0. The number of nitrogens with zero attached hydrogens (tertiary/aromatic N) is 6. The fourth-order valence-electron chi connectivity index (χ4n) is 5.44. The zero-order chi connectivity index (χ0) is 28.8. The maximum atomic E-state index is 13.1. The van der Waals surface area contributed by atoms with E-state index in [1.165, 1.54) is 18.5 Å². The monoisotopic (exact) mass is 585 g/mol. The number of piperazine rings is 2. The van der Waals surface area contributed by atoms with E-state index in [9.17, 15) is 21.6 Å². The molecule has 2 aliphatic rings. The van der Waals surface area contributed by atoms with Crippen molar-refractivity contribution < 1.29 is 21.6 Å². The highest BCUT2D eigenvalue weighted by molar-refractivity contribution is 7.89. The van der Waals surface area contributed by atoms with Gasteiger partial charge in [0.1, 0.15) is 17.8 Å². The highest BCUT2D eigenvalue weighted by Crippen LogP contribution is 2.36. The molecule has 2 aliphatic heterocycles. The second-order valence-corrected chi connectivity index (χ2v) is 12.3. The first kappa shape index (κ1) is 27.5. The Morgan fingerprint density at radius 3 is 2.07 bits per heavy atom. The average molecular weight is 586 g/mol. The van der Waals surface area contributed by atoms with Gasteiger partial charge in [0.2, 0.25) is 10.0 Å². The number of benzene rings is 2. The highest BCUT2D eigenvalue weighted by Gasteiger charge is 2.31. The number of anilines is 2. The lowest BCUT2D eigenvalue weighted by Gasteiger charge is -2.37. The van der Waals surface area contributed by atoms with Gasteiger partial charge in [0.25, 0.3) is 0 Å². The number of sulfonamides is 1. The molecule has 2 aromatic carbocycles. The quantitative estimate of drug-likeness (QED) is 0.380. The molecule has 216 valence electrons. The number of hydrogen-bond acceptors (Lipinski definition) is 7. The Morgan fingerprint density at radius 2 is 1.44 bits per heavy atom. The number of aromatic nitrogens is 3. The highest BCUT2D eigenvalue weighted by atomic mass is 32.2. The van der Waals surface area contributed by atoms with Crippen molar-refractivity contribution in [3.8, 4) is 11.1 Å². The fourth-order valence-corrected chi connectivity index (χ4v) is 6.86. The Labute approximate surface area is 236 Å². The van der Waals surface area contributed by atoms with E-state index < -0.39 is 21.8 Å². The minimum atomic E-state index is -4.40. The molecule has 9 nitrogen and oxygen atoms in total. The molecule has 1 N–H and O–H groups in total. The molecule has 13 heteroatoms. The first-order valence-electron chi connectivity index (χ1n) is 13.4. The number of alkyl halides is 3. The van der Waals surface area contributed by atoms with Gasteiger partial charge >= 0.3 is 6.18 Å². The minimum absolute atomic E-state index is 0.302. The van der Waals surface area contributed by atoms with Gasteiger partial charge in [0.05, 0.1) is 15.8 Å². The number of halogens is 3. The third-order valence-corrected chi connectivity index (χ3v) is 9.77. The molecule has 0 bridgehead atoms. The van der Waals surface area contributed by atoms with E-state index in [1.807, 2.05) is 19.2 Å². The van der Waals surface area contributed by atoms with Crippen molar-refractivity contribution in [3.63, 3.8) is 0 Å². The van der Waals surface area contributed by atoms with E-state index in [0.29, 0.717) is 55.4 Å². The van der Waals surface area contributed by atoms with Crippen LogP contribution in [-0.4, -0.2) is 92.0 Å². The summed E-state index contributed by atoms with van der Waals surface area (Å²) in [6, 6.07) is 12.2. The van der Waals surface area contributed by atoms with Crippen molar-refractivity contribution in [2.24, 2.45) is 0 Å². The number of fused-ring (bicyclic) bond motifs is 1. The molecule has 0 radical (unpaired) electrons. The summed E-state index contributed by atoms with van der Waals surface area (Å²) in [5.74, 6) is 0.722. The third-order valence-electron chi connectivity index (χ3n) is 7.85. The molecule has 4 aromatic rings. The Kier molecular flexibility index (Phi) is 7.12. The van der Waals surface area contributed by atoms with E-state index in [4.69, 9.17) is 0 Å². The lowest BCUT2D eigenvalue weighted by Crippen LogP contribution is -2.47. The number of hydrogen-bond donors (Lipinski definition) is 1. The molecule has 41 heavy (non-hydrogen) atoms. The van der Waals surface area contributed by atoms with Crippen molar-refractivity contribution in [3.05, 3.63) is 66.6 Å². The SMILES string of the molecule is CN1CCN(S(=O)(=O)c2ccc(N3CCN(c4ncnc5[nH]cc(-c6ccc(C(F)(F)F)cc6)c45)CC3)cc2)CC1. The smallest absolute Gasteiger partial charge is 0.368 e. The van der Waals surface area contributed by atoms with Gasteiger partial charge in [-0.2, -0.15) is 17.5 Å². The first-order valence-corrected chi connectivity index (χ1v) is 14.8. The van der Waals surface area contributed by atoms with Crippen LogP contribution in [0.2, 0.25) is 0 Å². The third kappa shape index (κ3) is 5.36. The van der Waals surface area contributed by atoms with Crippen LogP contribution in [0, 0.1) is 0 Å². The van der Waals surface area contributed by atoms with Crippen LogP contribution in [-0.2, 0) is 16.2 Å². The Morgan fingerprint density at radius 1 is 0.805 bits per heavy atom. The van der Waals surface area contributed by atoms with Gasteiger partial charge < -0.3 is 19.7 Å². The predicted molar refractivity (Wildman–Crippen MR) is 151 cm³/mol. The largest absolute Gasteiger partial charge is 0.416 e. The second-order valence-electron chi connectivity index (χ2n) is 10.4. The molecule has 0 saturated carbocycles. The molecule has 0 atom stereocenters. The zero-order valence-electron chi connectivity index (χ0n) is 22.5. The molecule has 0 amide bonds. The lowest BCUT2D eigenvalue weighted by molar-refractivity contribution is -0.137. The van der Waals surface area contributed by atoms with Crippen LogP contribution in [0.5, 0.6) is 0 Å². The molecule has 0 spiro atoms. The summed E-state index contributed by atoms with van der Waals surface area (Å²) in [6.07, 6.45) is -1.16. The minimum Gasteiger partial charge on any atom is -0.368 e. The summed E-state index contributed by atoms with van der Waals surface area (Å²) in [5.41, 5.74) is 2.25. The zero-order valence-corrected chi connectivity index (χ0v) is 23.3. The van der Waals surface area contributed by atoms with Crippen LogP contribution in [0.4, 0.5) is 24.7 Å². The van der Waals surface area contributed by atoms with E-state index in [2.05, 4.69) is 29.7 Å². The van der Waals surface area contributed by atoms with Crippen molar-refractivity contribution >= 4 is 32.6 Å². The molecule has 4 heterocycles. The summed E-state index contributed by atoms with van der Waals surface area (Å²) in [6.45, 7) is 5.10. The van der Waals surface area contributed by atoms with E-state index in [-0.39, 0.29) is 0 Å². The Hall–Kier alpha value is -3.68. The van der Waals surface area contributed by atoms with Gasteiger partial charge in [-0.15, -0.1) is 0 Å². The maximum absolute atomic E-state index is 13.1. The molecule has 0 unspecified atom stereocenters. The standard InChI is InChI=1S/C28H30F3N7O2S/c1-35-10-16-38(17-11-35)41(39,40)23-8-6-22(7-9-23)36-12-14-37(15-13-36)27-25-24(18-32-26(25)33-19-34-27)20-2-4-21(5-3-20)28(29,30)31/h2-9,18-19H,10-17H2,1H3,(H,32,33,34). The topological polar surface area (TPSA) is 88.7 Å². The predicted octanol–water partition coefficient (Wildman–Crippen LogP) is 3.91. The molecular formula is C28H30F3N7O2S. The van der Waals surface area contributed by atoms with Crippen LogP contribution in [0.3, 0.4) is 0 Å². The van der Waals surface area contributed by atoms with Gasteiger partial charge in [-0.05, 0) is 49.0 Å². The van der Waals surface area contributed by atoms with Crippen molar-refractivity contribution in [1.29, 1.82) is 0 Å². The van der Waals surface area contributed by atoms with Crippen molar-refractivity contribution in [2.45, 2.75) is 11.1 Å². The van der Waals surface area contributed by atoms with E-state index in [0.717, 1.165) is 47.7 Å². The first-order chi connectivity index (χ1) is 19.6. The number of aromatic amines is 1. The molecule has 2 aromatic heterocycles. The van der Waals surface area contributed by atoms with E-state index >= 15 is 0 Å². The van der Waals surface area contributed by atoms with Crippen LogP contribution in [0.1, 0.15) is 5.56 Å². The summed E-state index contributed by atoms with van der Waals surface area (Å²) in [4.78, 5) is 18.8. The summed E-state index contributed by atoms with van der Waals surface area (Å²) in [5, 5.41) is 0.763. The fraction of sp³-hybridized carbons (Fsp3) is 0.357. The van der Waals surface area contributed by atoms with Crippen LogP contribution >= 0.6 is 0 Å². The van der Waals surface area contributed by atoms with Gasteiger partial charge in [-0.25, -0.2) is 18.4 Å². The Bertz CT molecular complexity index is 1620. The Balaban J connectivity index is 1.17. The second kappa shape index (κ2) is 10.6. The molecule has 6 rings (SSSR count). The summed E-state index contributed by atoms with van der Waals surface area (Å²) in [7, 11) is -1.53. The van der Waals surface area contributed by atoms with Gasteiger partial charge in [-0.1, -0.05) is 12.1 Å². The maximum Gasteiger partial charge on any atom is 0.416 e. The molecule has 0 aliphatic carbocycles. The normalized spacial score (nSPS) is 17.9. The van der Waals surface area contributed by atoms with Gasteiger partial charge in [0.15, 0.2) is 0 Å². The summed E-state index contributed by atoms with van der Waals surface area (Å²) < 4.78 is 66.9. The van der Waals surface area contributed by atoms with Crippen LogP contribution in [0.25, 0.3) is 22.2 Å². The molecule has 2 fully saturated rings. The summed E-state index contributed by atoms with van der Waals surface area (Å²) >= 11 is 0. The van der Waals surface area contributed by atoms with Crippen LogP contribution < -0.4 is 9.80 Å². The number of H-pyrrole nitrogens is 1. The number of rotatable bonds is 5. The van der Waals surface area contributed by atoms with Gasteiger partial charge in [-0.3, -0.25) is 0 Å². The average Bonchev–Trinajstić information content (AvgIpc) is 3.42. The van der Waals surface area contributed by atoms with Crippen molar-refractivity contribution in [1.82, 2.24) is 24.2 Å². The molecular weight excluding hydrogens is 555 g/mol. The van der Waals surface area contributed by atoms with Crippen LogP contribution in [0.15, 0.2) is 66.0 Å². The number of likely N-dealkylation sites (N-methyl/N-ethyl adjacent to an activating group) is 1. The van der Waals surface area contributed by atoms with Gasteiger partial charge in [0, 0.05) is 69.8 Å². The molecule has 2 saturated heterocycles. The number of nitrogens with one attached hydrogen (secondary N) is 1.